The van der Waals surface area contributed by atoms with Crippen LogP contribution in [-0.4, -0.2) is 4.99 Å². The minimum Gasteiger partial charge on any atom is -0.399 e. The van der Waals surface area contributed by atoms with Gasteiger partial charge in [0.25, 0.3) is 0 Å². The number of benzene rings is 2. The Hall–Kier alpha value is -1.94. The fraction of sp³-hybridized carbons (Fsp3) is 0. The Morgan fingerprint density at radius 1 is 1.06 bits per heavy atom. The molecule has 0 fully saturated rings. The van der Waals surface area contributed by atoms with Crippen molar-refractivity contribution in [3.05, 3.63) is 53.8 Å². The van der Waals surface area contributed by atoms with E-state index in [1.54, 1.807) is 24.3 Å². The van der Waals surface area contributed by atoms with E-state index >= 15 is 0 Å². The molecule has 0 aliphatic carbocycles. The maximum Gasteiger partial charge on any atom is 0.123 e. The Morgan fingerprint density at radius 3 is 2.29 bits per heavy atom. The van der Waals surface area contributed by atoms with Crippen LogP contribution in [0.4, 0.5) is 10.1 Å². The zero-order valence-electron chi connectivity index (χ0n) is 8.98. The maximum absolute atomic E-state index is 12.9. The second-order valence-corrected chi connectivity index (χ2v) is 4.12. The Kier molecular flexibility index (Phi) is 3.06. The van der Waals surface area contributed by atoms with Gasteiger partial charge in [-0.3, -0.25) is 0 Å². The molecule has 0 saturated heterocycles. The number of rotatable bonds is 2. The maximum atomic E-state index is 12.9. The zero-order chi connectivity index (χ0) is 12.4. The number of thiocarbonyl (C=S) groups is 1. The van der Waals surface area contributed by atoms with Crippen molar-refractivity contribution in [2.75, 3.05) is 5.73 Å². The summed E-state index contributed by atoms with van der Waals surface area (Å²) in [5.74, 6) is -0.277. The van der Waals surface area contributed by atoms with Gasteiger partial charge in [0, 0.05) is 11.3 Å². The summed E-state index contributed by atoms with van der Waals surface area (Å²) in [6.45, 7) is 0. The first-order valence-corrected chi connectivity index (χ1v) is 5.44. The van der Waals surface area contributed by atoms with Crippen molar-refractivity contribution in [2.45, 2.75) is 0 Å². The highest BCUT2D eigenvalue weighted by Crippen LogP contribution is 2.25. The normalized spacial score (nSPS) is 10.2. The van der Waals surface area contributed by atoms with Crippen LogP contribution in [0.5, 0.6) is 0 Å². The van der Waals surface area contributed by atoms with Crippen LogP contribution in [0.2, 0.25) is 0 Å². The molecule has 0 bridgehead atoms. The van der Waals surface area contributed by atoms with Crippen LogP contribution >= 0.6 is 12.2 Å². The van der Waals surface area contributed by atoms with E-state index in [0.29, 0.717) is 11.3 Å². The smallest absolute Gasteiger partial charge is 0.123 e. The van der Waals surface area contributed by atoms with Crippen molar-refractivity contribution in [3.8, 4) is 11.1 Å². The number of nitrogen functional groups attached to an aromatic ring is 1. The summed E-state index contributed by atoms with van der Waals surface area (Å²) < 4.78 is 12.9. The molecule has 17 heavy (non-hydrogen) atoms. The van der Waals surface area contributed by atoms with Crippen molar-refractivity contribution >= 4 is 22.9 Å². The molecule has 0 aliphatic rings. The molecular formula is C13H11FN2S. The van der Waals surface area contributed by atoms with E-state index in [0.717, 1.165) is 11.1 Å². The van der Waals surface area contributed by atoms with Gasteiger partial charge in [-0.25, -0.2) is 4.39 Å². The Labute approximate surface area is 104 Å². The molecule has 2 aromatic carbocycles. The van der Waals surface area contributed by atoms with Gasteiger partial charge in [0.15, 0.2) is 0 Å². The number of nitrogens with two attached hydrogens (primary N) is 2. The van der Waals surface area contributed by atoms with E-state index in [-0.39, 0.29) is 10.8 Å². The molecule has 0 amide bonds. The van der Waals surface area contributed by atoms with E-state index in [1.165, 1.54) is 12.1 Å². The lowest BCUT2D eigenvalue weighted by atomic mass is 9.99. The predicted molar refractivity (Wildman–Crippen MR) is 72.1 cm³/mol. The summed E-state index contributed by atoms with van der Waals surface area (Å²) >= 11 is 4.98. The molecule has 4 N–H and O–H groups in total. The lowest BCUT2D eigenvalue weighted by molar-refractivity contribution is 0.628. The standard InChI is InChI=1S/C13H11FN2S/c14-9-3-1-8(2-4-9)11-6-5-10(15)7-12(11)13(16)17/h1-7H,15H2,(H2,16,17). The molecule has 0 heterocycles. The van der Waals surface area contributed by atoms with Crippen molar-refractivity contribution < 1.29 is 4.39 Å². The molecule has 2 rings (SSSR count). The molecule has 86 valence electrons. The SMILES string of the molecule is NC(=S)c1cc(N)ccc1-c1ccc(F)cc1. The third-order valence-electron chi connectivity index (χ3n) is 2.46. The molecule has 0 aromatic heterocycles. The summed E-state index contributed by atoms with van der Waals surface area (Å²) in [4.78, 5) is 0.275. The van der Waals surface area contributed by atoms with Crippen LogP contribution in [0, 0.1) is 5.82 Å². The molecule has 0 saturated carbocycles. The zero-order valence-corrected chi connectivity index (χ0v) is 9.80. The van der Waals surface area contributed by atoms with Gasteiger partial charge in [0.1, 0.15) is 10.8 Å². The number of hydrogen-bond donors (Lipinski definition) is 2. The molecule has 0 atom stereocenters. The molecule has 2 nitrogen and oxygen atoms in total. The van der Waals surface area contributed by atoms with Crippen LogP contribution in [0.3, 0.4) is 0 Å². The fourth-order valence-corrected chi connectivity index (χ4v) is 1.82. The van der Waals surface area contributed by atoms with Gasteiger partial charge < -0.3 is 11.5 Å². The Balaban J connectivity index is 2.58. The molecule has 0 radical (unpaired) electrons. The van der Waals surface area contributed by atoms with Crippen LogP contribution in [0.15, 0.2) is 42.5 Å². The van der Waals surface area contributed by atoms with Gasteiger partial charge in [-0.2, -0.15) is 0 Å². The monoisotopic (exact) mass is 246 g/mol. The van der Waals surface area contributed by atoms with Gasteiger partial charge in [0.05, 0.1) is 0 Å². The second-order valence-electron chi connectivity index (χ2n) is 3.68. The highest BCUT2D eigenvalue weighted by Gasteiger charge is 2.08. The van der Waals surface area contributed by atoms with Crippen molar-refractivity contribution in [1.29, 1.82) is 0 Å². The van der Waals surface area contributed by atoms with Gasteiger partial charge in [-0.1, -0.05) is 30.4 Å². The van der Waals surface area contributed by atoms with Crippen LogP contribution in [-0.2, 0) is 0 Å². The first-order valence-electron chi connectivity index (χ1n) is 5.03. The number of anilines is 1. The van der Waals surface area contributed by atoms with Crippen molar-refractivity contribution in [1.82, 2.24) is 0 Å². The summed E-state index contributed by atoms with van der Waals surface area (Å²) in [6, 6.07) is 11.5. The molecular weight excluding hydrogens is 235 g/mol. The second kappa shape index (κ2) is 4.51. The minimum atomic E-state index is -0.277. The lowest BCUT2D eigenvalue weighted by Gasteiger charge is -2.09. The highest BCUT2D eigenvalue weighted by molar-refractivity contribution is 7.80. The summed E-state index contributed by atoms with van der Waals surface area (Å²) in [5, 5.41) is 0. The van der Waals surface area contributed by atoms with E-state index in [9.17, 15) is 4.39 Å². The largest absolute Gasteiger partial charge is 0.399 e. The van der Waals surface area contributed by atoms with E-state index in [4.69, 9.17) is 23.7 Å². The lowest BCUT2D eigenvalue weighted by Crippen LogP contribution is -2.11. The fourth-order valence-electron chi connectivity index (χ4n) is 1.65. The predicted octanol–water partition coefficient (Wildman–Crippen LogP) is 2.71. The van der Waals surface area contributed by atoms with E-state index in [2.05, 4.69) is 0 Å². The van der Waals surface area contributed by atoms with Crippen LogP contribution in [0.25, 0.3) is 11.1 Å². The van der Waals surface area contributed by atoms with Crippen LogP contribution < -0.4 is 11.5 Å². The molecule has 2 aromatic rings. The topological polar surface area (TPSA) is 52.0 Å². The third-order valence-corrected chi connectivity index (χ3v) is 2.68. The first kappa shape index (κ1) is 11.5. The average Bonchev–Trinajstić information content (AvgIpc) is 2.30. The van der Waals surface area contributed by atoms with Crippen molar-refractivity contribution in [3.63, 3.8) is 0 Å². The summed E-state index contributed by atoms with van der Waals surface area (Å²) in [5.41, 5.74) is 14.4. The Bertz CT molecular complexity index is 564. The first-order chi connectivity index (χ1) is 8.08. The molecule has 0 unspecified atom stereocenters. The van der Waals surface area contributed by atoms with Gasteiger partial charge in [0.2, 0.25) is 0 Å². The summed E-state index contributed by atoms with van der Waals surface area (Å²) in [7, 11) is 0. The van der Waals surface area contributed by atoms with E-state index in [1.807, 2.05) is 6.07 Å². The highest BCUT2D eigenvalue weighted by atomic mass is 32.1. The quantitative estimate of drug-likeness (QED) is 0.632. The average molecular weight is 246 g/mol. The molecule has 4 heteroatoms. The number of hydrogen-bond acceptors (Lipinski definition) is 2. The minimum absolute atomic E-state index is 0.275. The summed E-state index contributed by atoms with van der Waals surface area (Å²) in [6.07, 6.45) is 0. The van der Waals surface area contributed by atoms with Crippen molar-refractivity contribution in [2.24, 2.45) is 5.73 Å². The number of halogens is 1. The van der Waals surface area contributed by atoms with Gasteiger partial charge in [-0.15, -0.1) is 0 Å². The Morgan fingerprint density at radius 2 is 1.71 bits per heavy atom. The van der Waals surface area contributed by atoms with E-state index < -0.39 is 0 Å². The van der Waals surface area contributed by atoms with Gasteiger partial charge >= 0.3 is 0 Å². The molecule has 0 spiro atoms. The van der Waals surface area contributed by atoms with Gasteiger partial charge in [-0.05, 0) is 35.4 Å². The van der Waals surface area contributed by atoms with Crippen LogP contribution in [0.1, 0.15) is 5.56 Å². The molecule has 0 aliphatic heterocycles. The third kappa shape index (κ3) is 2.42.